The highest BCUT2D eigenvalue weighted by molar-refractivity contribution is 5.94. The molecule has 0 saturated carbocycles. The third-order valence-electron chi connectivity index (χ3n) is 4.37. The molecule has 0 bridgehead atoms. The lowest BCUT2D eigenvalue weighted by molar-refractivity contribution is -0.117. The average Bonchev–Trinajstić information content (AvgIpc) is 3.09. The first-order chi connectivity index (χ1) is 12.7. The smallest absolute Gasteiger partial charge is 0.224 e. The zero-order valence-corrected chi connectivity index (χ0v) is 14.4. The summed E-state index contributed by atoms with van der Waals surface area (Å²) in [5.74, 6) is -0.362. The van der Waals surface area contributed by atoms with E-state index in [0.29, 0.717) is 6.42 Å². The Balaban J connectivity index is 1.51. The molecule has 4 nitrogen and oxygen atoms in total. The average molecular weight is 347 g/mol. The molecule has 2 N–H and O–H groups in total. The van der Waals surface area contributed by atoms with Gasteiger partial charge in [0, 0.05) is 12.1 Å². The molecular formula is C22H21NO3. The van der Waals surface area contributed by atoms with Crippen LogP contribution in [0.5, 0.6) is 0 Å². The van der Waals surface area contributed by atoms with E-state index in [0.717, 1.165) is 24.1 Å². The molecule has 26 heavy (non-hydrogen) atoms. The molecule has 1 amide bonds. The number of allylic oxidation sites excluding steroid dienone is 2. The number of hydrogen-bond donors (Lipinski definition) is 2. The molecule has 132 valence electrons. The molecule has 0 unspecified atom stereocenters. The van der Waals surface area contributed by atoms with Gasteiger partial charge in [0.25, 0.3) is 0 Å². The molecule has 1 aliphatic rings. The fourth-order valence-electron chi connectivity index (χ4n) is 2.98. The van der Waals surface area contributed by atoms with Crippen LogP contribution in [0.1, 0.15) is 29.5 Å². The molecule has 1 aliphatic carbocycles. The third kappa shape index (κ3) is 4.55. The maximum absolute atomic E-state index is 12.2. The van der Waals surface area contributed by atoms with Crippen molar-refractivity contribution in [1.29, 1.82) is 0 Å². The van der Waals surface area contributed by atoms with E-state index in [2.05, 4.69) is 23.5 Å². The summed E-state index contributed by atoms with van der Waals surface area (Å²) in [6, 6.07) is 15.5. The van der Waals surface area contributed by atoms with Crippen LogP contribution < -0.4 is 5.32 Å². The van der Waals surface area contributed by atoms with Gasteiger partial charge in [-0.2, -0.15) is 0 Å². The van der Waals surface area contributed by atoms with E-state index < -0.39 is 6.61 Å². The SMILES string of the molecule is O=C(/C=C/c1ccc(NC(=O)CCC2=CCc3ccccc32)cc1)CO. The van der Waals surface area contributed by atoms with Gasteiger partial charge in [-0.05, 0) is 53.3 Å². The van der Waals surface area contributed by atoms with Gasteiger partial charge in [-0.3, -0.25) is 9.59 Å². The van der Waals surface area contributed by atoms with Crippen LogP contribution in [0.4, 0.5) is 5.69 Å². The molecular weight excluding hydrogens is 326 g/mol. The van der Waals surface area contributed by atoms with Crippen LogP contribution in [0.15, 0.2) is 60.7 Å². The van der Waals surface area contributed by atoms with Crippen LogP contribution in [0.3, 0.4) is 0 Å². The molecule has 0 spiro atoms. The summed E-state index contributed by atoms with van der Waals surface area (Å²) in [5, 5.41) is 11.6. The molecule has 2 aromatic rings. The zero-order chi connectivity index (χ0) is 18.4. The maximum Gasteiger partial charge on any atom is 0.224 e. The quantitative estimate of drug-likeness (QED) is 0.752. The number of amides is 1. The summed E-state index contributed by atoms with van der Waals surface area (Å²) in [5.41, 5.74) is 5.38. The van der Waals surface area contributed by atoms with Gasteiger partial charge < -0.3 is 10.4 Å². The molecule has 0 heterocycles. The summed E-state index contributed by atoms with van der Waals surface area (Å²) >= 11 is 0. The van der Waals surface area contributed by atoms with Crippen molar-refractivity contribution in [2.75, 3.05) is 11.9 Å². The third-order valence-corrected chi connectivity index (χ3v) is 4.37. The molecule has 0 radical (unpaired) electrons. The van der Waals surface area contributed by atoms with Gasteiger partial charge in [-0.1, -0.05) is 48.6 Å². The first kappa shape index (κ1) is 17.8. The second kappa shape index (κ2) is 8.41. The van der Waals surface area contributed by atoms with Crippen molar-refractivity contribution in [3.05, 3.63) is 77.4 Å². The van der Waals surface area contributed by atoms with Crippen LogP contribution in [0.25, 0.3) is 11.6 Å². The van der Waals surface area contributed by atoms with E-state index in [1.165, 1.54) is 22.8 Å². The molecule has 2 aromatic carbocycles. The lowest BCUT2D eigenvalue weighted by atomic mass is 10.0. The number of aliphatic hydroxyl groups excluding tert-OH is 1. The number of nitrogens with one attached hydrogen (secondary N) is 1. The topological polar surface area (TPSA) is 66.4 Å². The number of carbonyl (C=O) groups excluding carboxylic acids is 2. The van der Waals surface area contributed by atoms with Crippen molar-refractivity contribution in [2.45, 2.75) is 19.3 Å². The number of carbonyl (C=O) groups is 2. The molecule has 0 fully saturated rings. The molecule has 4 heteroatoms. The fraction of sp³-hybridized carbons (Fsp3) is 0.182. The van der Waals surface area contributed by atoms with E-state index in [4.69, 9.17) is 5.11 Å². The first-order valence-electron chi connectivity index (χ1n) is 8.65. The van der Waals surface area contributed by atoms with E-state index in [1.807, 2.05) is 24.3 Å². The number of ketones is 1. The Morgan fingerprint density at radius 2 is 1.85 bits per heavy atom. The minimum atomic E-state index is -0.494. The van der Waals surface area contributed by atoms with Gasteiger partial charge in [0.05, 0.1) is 0 Å². The van der Waals surface area contributed by atoms with Gasteiger partial charge in [0.1, 0.15) is 6.61 Å². The van der Waals surface area contributed by atoms with Crippen LogP contribution in [0, 0.1) is 0 Å². The predicted molar refractivity (Wildman–Crippen MR) is 104 cm³/mol. The minimum Gasteiger partial charge on any atom is -0.388 e. The Hall–Kier alpha value is -2.98. The summed E-state index contributed by atoms with van der Waals surface area (Å²) in [6.45, 7) is -0.494. The fourth-order valence-corrected chi connectivity index (χ4v) is 2.98. The van der Waals surface area contributed by atoms with Crippen LogP contribution in [0.2, 0.25) is 0 Å². The second-order valence-corrected chi connectivity index (χ2v) is 6.22. The van der Waals surface area contributed by atoms with Crippen molar-refractivity contribution in [1.82, 2.24) is 0 Å². The number of rotatable bonds is 7. The Kier molecular flexibility index (Phi) is 5.77. The minimum absolute atomic E-state index is 0.0194. The predicted octanol–water partition coefficient (Wildman–Crippen LogP) is 3.62. The highest BCUT2D eigenvalue weighted by atomic mass is 16.3. The normalized spacial score (nSPS) is 12.7. The van der Waals surface area contributed by atoms with Crippen LogP contribution >= 0.6 is 0 Å². The summed E-state index contributed by atoms with van der Waals surface area (Å²) < 4.78 is 0. The standard InChI is InChI=1S/C22H21NO3/c24-15-20(25)13-7-16-5-11-19(12-6-16)23-22(26)14-10-18-9-8-17-3-1-2-4-21(17)18/h1-7,9,11-13,24H,8,10,14-15H2,(H,23,26)/b13-7+. The van der Waals surface area contributed by atoms with Gasteiger partial charge in [-0.15, -0.1) is 0 Å². The Morgan fingerprint density at radius 3 is 2.62 bits per heavy atom. The number of benzene rings is 2. The van der Waals surface area contributed by atoms with Crippen molar-refractivity contribution in [3.8, 4) is 0 Å². The monoisotopic (exact) mass is 347 g/mol. The highest BCUT2D eigenvalue weighted by Gasteiger charge is 2.14. The molecule has 0 saturated heterocycles. The largest absolute Gasteiger partial charge is 0.388 e. The van der Waals surface area contributed by atoms with Gasteiger partial charge in [-0.25, -0.2) is 0 Å². The second-order valence-electron chi connectivity index (χ2n) is 6.22. The number of fused-ring (bicyclic) bond motifs is 1. The Labute approximate surface area is 152 Å². The van der Waals surface area contributed by atoms with E-state index in [1.54, 1.807) is 18.2 Å². The summed E-state index contributed by atoms with van der Waals surface area (Å²) in [6.07, 6.45) is 7.28. The summed E-state index contributed by atoms with van der Waals surface area (Å²) in [7, 11) is 0. The van der Waals surface area contributed by atoms with Crippen molar-refractivity contribution >= 4 is 29.0 Å². The molecule has 0 atom stereocenters. The zero-order valence-electron chi connectivity index (χ0n) is 14.4. The Morgan fingerprint density at radius 1 is 1.08 bits per heavy atom. The highest BCUT2D eigenvalue weighted by Crippen LogP contribution is 2.30. The van der Waals surface area contributed by atoms with Gasteiger partial charge in [0.2, 0.25) is 5.91 Å². The lowest BCUT2D eigenvalue weighted by Crippen LogP contribution is -2.11. The molecule has 0 aromatic heterocycles. The number of hydrogen-bond acceptors (Lipinski definition) is 3. The lowest BCUT2D eigenvalue weighted by Gasteiger charge is -2.07. The summed E-state index contributed by atoms with van der Waals surface area (Å²) in [4.78, 5) is 23.3. The van der Waals surface area contributed by atoms with Crippen LogP contribution in [-0.4, -0.2) is 23.4 Å². The van der Waals surface area contributed by atoms with Crippen molar-refractivity contribution in [3.63, 3.8) is 0 Å². The van der Waals surface area contributed by atoms with Crippen molar-refractivity contribution in [2.24, 2.45) is 0 Å². The van der Waals surface area contributed by atoms with Gasteiger partial charge in [0.15, 0.2) is 5.78 Å². The molecule has 0 aliphatic heterocycles. The number of anilines is 1. The van der Waals surface area contributed by atoms with E-state index in [9.17, 15) is 9.59 Å². The van der Waals surface area contributed by atoms with Crippen LogP contribution in [-0.2, 0) is 16.0 Å². The van der Waals surface area contributed by atoms with E-state index >= 15 is 0 Å². The Bertz CT molecular complexity index is 863. The van der Waals surface area contributed by atoms with Gasteiger partial charge >= 0.3 is 0 Å². The van der Waals surface area contributed by atoms with Crippen molar-refractivity contribution < 1.29 is 14.7 Å². The van der Waals surface area contributed by atoms with E-state index in [-0.39, 0.29) is 11.7 Å². The number of aliphatic hydroxyl groups is 1. The first-order valence-corrected chi connectivity index (χ1v) is 8.65. The molecule has 3 rings (SSSR count). The maximum atomic E-state index is 12.2.